The van der Waals surface area contributed by atoms with Crippen molar-refractivity contribution in [3.63, 3.8) is 0 Å². The van der Waals surface area contributed by atoms with Crippen molar-refractivity contribution in [1.29, 1.82) is 0 Å². The van der Waals surface area contributed by atoms with Crippen molar-refractivity contribution < 1.29 is 9.13 Å². The number of ether oxygens (including phenoxy) is 1. The summed E-state index contributed by atoms with van der Waals surface area (Å²) in [6.07, 6.45) is 0. The van der Waals surface area contributed by atoms with E-state index in [0.29, 0.717) is 11.3 Å². The van der Waals surface area contributed by atoms with Crippen LogP contribution in [0.15, 0.2) is 18.2 Å². The van der Waals surface area contributed by atoms with Crippen LogP contribution >= 0.6 is 0 Å². The second-order valence-corrected chi connectivity index (χ2v) is 2.58. The molecule has 1 aromatic heterocycles. The SMILES string of the molecule is COc1ccc(-c2nn[nH]n2)c(F)c1. The molecule has 0 aliphatic heterocycles. The first-order chi connectivity index (χ1) is 6.81. The summed E-state index contributed by atoms with van der Waals surface area (Å²) in [6, 6.07) is 4.44. The predicted octanol–water partition coefficient (Wildman–Crippen LogP) is 1.01. The van der Waals surface area contributed by atoms with Crippen LogP contribution < -0.4 is 4.74 Å². The van der Waals surface area contributed by atoms with Crippen LogP contribution in [-0.2, 0) is 0 Å². The minimum absolute atomic E-state index is 0.227. The molecule has 14 heavy (non-hydrogen) atoms. The third-order valence-electron chi connectivity index (χ3n) is 1.76. The number of halogens is 1. The summed E-state index contributed by atoms with van der Waals surface area (Å²) in [5, 5.41) is 13.0. The summed E-state index contributed by atoms with van der Waals surface area (Å²) in [5.41, 5.74) is 0.291. The van der Waals surface area contributed by atoms with Crippen molar-refractivity contribution in [2.24, 2.45) is 0 Å². The molecule has 0 saturated heterocycles. The van der Waals surface area contributed by atoms with E-state index < -0.39 is 5.82 Å². The molecule has 0 atom stereocenters. The van der Waals surface area contributed by atoms with Gasteiger partial charge in [-0.05, 0) is 17.3 Å². The second kappa shape index (κ2) is 3.41. The van der Waals surface area contributed by atoms with Gasteiger partial charge in [-0.25, -0.2) is 4.39 Å². The summed E-state index contributed by atoms with van der Waals surface area (Å²) in [5.74, 6) is 0.241. The van der Waals surface area contributed by atoms with Crippen LogP contribution in [0.3, 0.4) is 0 Å². The lowest BCUT2D eigenvalue weighted by Crippen LogP contribution is -1.89. The van der Waals surface area contributed by atoms with Crippen molar-refractivity contribution in [1.82, 2.24) is 20.6 Å². The van der Waals surface area contributed by atoms with Gasteiger partial charge in [0, 0.05) is 6.07 Å². The highest BCUT2D eigenvalue weighted by Gasteiger charge is 2.09. The first kappa shape index (κ1) is 8.61. The van der Waals surface area contributed by atoms with Gasteiger partial charge >= 0.3 is 0 Å². The van der Waals surface area contributed by atoms with Gasteiger partial charge in [0.15, 0.2) is 0 Å². The Kier molecular flexibility index (Phi) is 2.10. The Bertz CT molecular complexity index is 429. The minimum Gasteiger partial charge on any atom is -0.497 e. The topological polar surface area (TPSA) is 63.7 Å². The van der Waals surface area contributed by atoms with E-state index in [1.165, 1.54) is 13.2 Å². The number of rotatable bonds is 2. The van der Waals surface area contributed by atoms with Gasteiger partial charge in [-0.1, -0.05) is 0 Å². The lowest BCUT2D eigenvalue weighted by atomic mass is 10.2. The summed E-state index contributed by atoms with van der Waals surface area (Å²) >= 11 is 0. The largest absolute Gasteiger partial charge is 0.497 e. The Balaban J connectivity index is 2.46. The molecule has 0 aliphatic carbocycles. The van der Waals surface area contributed by atoms with Gasteiger partial charge in [-0.2, -0.15) is 5.21 Å². The molecule has 0 spiro atoms. The van der Waals surface area contributed by atoms with Crippen molar-refractivity contribution in [3.8, 4) is 17.1 Å². The number of nitrogens with zero attached hydrogens (tertiary/aromatic N) is 3. The number of aromatic amines is 1. The van der Waals surface area contributed by atoms with Crippen molar-refractivity contribution in [2.45, 2.75) is 0 Å². The van der Waals surface area contributed by atoms with Gasteiger partial charge in [0.25, 0.3) is 0 Å². The predicted molar refractivity (Wildman–Crippen MR) is 46.1 cm³/mol. The normalized spacial score (nSPS) is 10.1. The Labute approximate surface area is 78.9 Å². The number of nitrogens with one attached hydrogen (secondary N) is 1. The molecule has 72 valence electrons. The van der Waals surface area contributed by atoms with Crippen molar-refractivity contribution in [3.05, 3.63) is 24.0 Å². The maximum Gasteiger partial charge on any atom is 0.207 e. The van der Waals surface area contributed by atoms with E-state index >= 15 is 0 Å². The Morgan fingerprint density at radius 2 is 2.29 bits per heavy atom. The summed E-state index contributed by atoms with van der Waals surface area (Å²) < 4.78 is 18.3. The van der Waals surface area contributed by atoms with Gasteiger partial charge in [-0.15, -0.1) is 10.2 Å². The number of aromatic nitrogens is 4. The highest BCUT2D eigenvalue weighted by molar-refractivity contribution is 5.56. The number of H-pyrrole nitrogens is 1. The van der Waals surface area contributed by atoms with Crippen LogP contribution in [0.5, 0.6) is 5.75 Å². The zero-order valence-electron chi connectivity index (χ0n) is 7.36. The second-order valence-electron chi connectivity index (χ2n) is 2.58. The smallest absolute Gasteiger partial charge is 0.207 e. The molecule has 5 nitrogen and oxygen atoms in total. The monoisotopic (exact) mass is 194 g/mol. The third-order valence-corrected chi connectivity index (χ3v) is 1.76. The summed E-state index contributed by atoms with van der Waals surface area (Å²) in [4.78, 5) is 0. The molecule has 1 aromatic carbocycles. The minimum atomic E-state index is -0.439. The Morgan fingerprint density at radius 1 is 1.43 bits per heavy atom. The molecule has 2 rings (SSSR count). The quantitative estimate of drug-likeness (QED) is 0.775. The van der Waals surface area contributed by atoms with Gasteiger partial charge in [0.05, 0.1) is 12.7 Å². The molecule has 0 bridgehead atoms. The van der Waals surface area contributed by atoms with Gasteiger partial charge in [0.1, 0.15) is 11.6 Å². The summed E-state index contributed by atoms with van der Waals surface area (Å²) in [6.45, 7) is 0. The molecule has 0 amide bonds. The number of benzene rings is 1. The van der Waals surface area contributed by atoms with Gasteiger partial charge in [-0.3, -0.25) is 0 Å². The average molecular weight is 194 g/mol. The number of hydrogen-bond acceptors (Lipinski definition) is 4. The number of tetrazole rings is 1. The van der Waals surface area contributed by atoms with Gasteiger partial charge < -0.3 is 4.74 Å². The average Bonchev–Trinajstić information content (AvgIpc) is 2.70. The fourth-order valence-electron chi connectivity index (χ4n) is 1.08. The molecule has 0 unspecified atom stereocenters. The molecule has 1 N–H and O–H groups in total. The van der Waals surface area contributed by atoms with Crippen LogP contribution in [0.4, 0.5) is 4.39 Å². The van der Waals surface area contributed by atoms with Crippen molar-refractivity contribution >= 4 is 0 Å². The lowest BCUT2D eigenvalue weighted by molar-refractivity contribution is 0.411. The van der Waals surface area contributed by atoms with E-state index in [0.717, 1.165) is 0 Å². The van der Waals surface area contributed by atoms with E-state index in [2.05, 4.69) is 20.6 Å². The van der Waals surface area contributed by atoms with E-state index in [1.807, 2.05) is 0 Å². The first-order valence-corrected chi connectivity index (χ1v) is 3.88. The Morgan fingerprint density at radius 3 is 2.86 bits per heavy atom. The fraction of sp³-hybridized carbons (Fsp3) is 0.125. The molecule has 2 aromatic rings. The van der Waals surface area contributed by atoms with Crippen LogP contribution in [0, 0.1) is 5.82 Å². The van der Waals surface area contributed by atoms with Crippen LogP contribution in [0.1, 0.15) is 0 Å². The fourth-order valence-corrected chi connectivity index (χ4v) is 1.08. The number of methoxy groups -OCH3 is 1. The van der Waals surface area contributed by atoms with E-state index in [4.69, 9.17) is 4.74 Å². The number of hydrogen-bond donors (Lipinski definition) is 1. The van der Waals surface area contributed by atoms with Gasteiger partial charge in [0.2, 0.25) is 5.82 Å². The molecule has 0 radical (unpaired) electrons. The standard InChI is InChI=1S/C8H7FN4O/c1-14-5-2-3-6(7(9)4-5)8-10-12-13-11-8/h2-4H,1H3,(H,10,11,12,13). The van der Waals surface area contributed by atoms with E-state index in [1.54, 1.807) is 12.1 Å². The molecule has 1 heterocycles. The maximum absolute atomic E-state index is 13.4. The van der Waals surface area contributed by atoms with Crippen molar-refractivity contribution in [2.75, 3.05) is 7.11 Å². The molecule has 0 aliphatic rings. The zero-order chi connectivity index (χ0) is 9.97. The molecule has 0 saturated carbocycles. The highest BCUT2D eigenvalue weighted by atomic mass is 19.1. The lowest BCUT2D eigenvalue weighted by Gasteiger charge is -2.01. The van der Waals surface area contributed by atoms with E-state index in [-0.39, 0.29) is 5.82 Å². The first-order valence-electron chi connectivity index (χ1n) is 3.88. The third kappa shape index (κ3) is 1.41. The molecule has 6 heteroatoms. The Hall–Kier alpha value is -1.98. The summed E-state index contributed by atoms with van der Waals surface area (Å²) in [7, 11) is 1.47. The maximum atomic E-state index is 13.4. The van der Waals surface area contributed by atoms with Crippen LogP contribution in [0.2, 0.25) is 0 Å². The zero-order valence-corrected chi connectivity index (χ0v) is 7.36. The molecular weight excluding hydrogens is 187 g/mol. The molecule has 0 fully saturated rings. The van der Waals surface area contributed by atoms with Crippen LogP contribution in [0.25, 0.3) is 11.4 Å². The van der Waals surface area contributed by atoms with E-state index in [9.17, 15) is 4.39 Å². The highest BCUT2D eigenvalue weighted by Crippen LogP contribution is 2.22. The molecular formula is C8H7FN4O. The van der Waals surface area contributed by atoms with Crippen LogP contribution in [-0.4, -0.2) is 27.7 Å².